The van der Waals surface area contributed by atoms with Gasteiger partial charge in [0.25, 0.3) is 0 Å². The number of hydrogen-bond acceptors (Lipinski definition) is 4. The molecule has 1 aliphatic rings. The van der Waals surface area contributed by atoms with Crippen molar-refractivity contribution in [2.75, 3.05) is 26.8 Å². The number of halogens is 1. The summed E-state index contributed by atoms with van der Waals surface area (Å²) >= 11 is 0. The van der Waals surface area contributed by atoms with Gasteiger partial charge in [-0.15, -0.1) is 0 Å². The Morgan fingerprint density at radius 2 is 2.14 bits per heavy atom. The first-order chi connectivity index (χ1) is 10.3. The first-order valence-electron chi connectivity index (χ1n) is 6.82. The second-order valence-corrected chi connectivity index (χ2v) is 7.36. The summed E-state index contributed by atoms with van der Waals surface area (Å²) < 4.78 is 45.0. The van der Waals surface area contributed by atoms with E-state index in [1.165, 1.54) is 23.5 Å². The topological polar surface area (TPSA) is 89.7 Å². The molecule has 8 heteroatoms. The number of nitrogens with two attached hydrogens (primary N) is 1. The number of nitrogens with zero attached hydrogens (tertiary/aromatic N) is 1. The van der Waals surface area contributed by atoms with E-state index >= 15 is 0 Å². The second kappa shape index (κ2) is 6.31. The van der Waals surface area contributed by atoms with Crippen LogP contribution < -0.4 is 5.73 Å². The molecule has 1 aromatic carbocycles. The molecule has 0 spiro atoms. The molecule has 2 N–H and O–H groups in total. The highest BCUT2D eigenvalue weighted by Crippen LogP contribution is 2.30. The number of carbonyl (C=O) groups is 1. The number of ether oxygens (including phenoxy) is 1. The Morgan fingerprint density at radius 1 is 1.45 bits per heavy atom. The molecule has 0 saturated carbocycles. The van der Waals surface area contributed by atoms with Gasteiger partial charge in [0.05, 0.1) is 17.4 Å². The zero-order valence-corrected chi connectivity index (χ0v) is 13.3. The fourth-order valence-corrected chi connectivity index (χ4v) is 4.48. The van der Waals surface area contributed by atoms with Crippen LogP contribution in [0, 0.1) is 24.6 Å². The number of rotatable bonds is 5. The van der Waals surface area contributed by atoms with Crippen LogP contribution in [0.15, 0.2) is 23.1 Å². The predicted molar refractivity (Wildman–Crippen MR) is 77.9 cm³/mol. The second-order valence-electron chi connectivity index (χ2n) is 5.46. The first kappa shape index (κ1) is 16.9. The van der Waals surface area contributed by atoms with Crippen LogP contribution in [0.25, 0.3) is 0 Å². The summed E-state index contributed by atoms with van der Waals surface area (Å²) in [4.78, 5) is 11.4. The molecule has 22 heavy (non-hydrogen) atoms. The molecule has 0 unspecified atom stereocenters. The van der Waals surface area contributed by atoms with Crippen molar-refractivity contribution in [1.29, 1.82) is 0 Å². The molecule has 1 heterocycles. The summed E-state index contributed by atoms with van der Waals surface area (Å²) in [5, 5.41) is 0. The lowest BCUT2D eigenvalue weighted by molar-refractivity contribution is -0.122. The largest absolute Gasteiger partial charge is 0.384 e. The van der Waals surface area contributed by atoms with Gasteiger partial charge in [-0.25, -0.2) is 12.8 Å². The maximum absolute atomic E-state index is 13.4. The molecular formula is C14H19FN2O4S. The number of aryl methyl sites for hydroxylation is 1. The molecular weight excluding hydrogens is 311 g/mol. The van der Waals surface area contributed by atoms with Crippen molar-refractivity contribution in [3.63, 3.8) is 0 Å². The summed E-state index contributed by atoms with van der Waals surface area (Å²) in [7, 11) is -2.40. The summed E-state index contributed by atoms with van der Waals surface area (Å²) in [6.45, 7) is 1.95. The van der Waals surface area contributed by atoms with E-state index in [0.29, 0.717) is 5.56 Å². The highest BCUT2D eigenvalue weighted by molar-refractivity contribution is 7.89. The van der Waals surface area contributed by atoms with Gasteiger partial charge in [0.15, 0.2) is 0 Å². The van der Waals surface area contributed by atoms with E-state index in [2.05, 4.69) is 0 Å². The molecule has 1 aliphatic heterocycles. The first-order valence-corrected chi connectivity index (χ1v) is 8.26. The van der Waals surface area contributed by atoms with Gasteiger partial charge in [-0.2, -0.15) is 4.31 Å². The van der Waals surface area contributed by atoms with E-state index in [-0.39, 0.29) is 30.5 Å². The number of carbonyl (C=O) groups excluding carboxylic acids is 1. The van der Waals surface area contributed by atoms with Crippen molar-refractivity contribution < 1.29 is 22.3 Å². The Kier molecular flexibility index (Phi) is 4.84. The van der Waals surface area contributed by atoms with Crippen LogP contribution in [0.3, 0.4) is 0 Å². The summed E-state index contributed by atoms with van der Waals surface area (Å²) in [6, 6.07) is 3.61. The zero-order valence-electron chi connectivity index (χ0n) is 12.5. The van der Waals surface area contributed by atoms with Crippen molar-refractivity contribution in [2.24, 2.45) is 17.6 Å². The van der Waals surface area contributed by atoms with E-state index in [1.54, 1.807) is 6.92 Å². The quantitative estimate of drug-likeness (QED) is 0.851. The fourth-order valence-electron chi connectivity index (χ4n) is 2.72. The smallest absolute Gasteiger partial charge is 0.243 e. The maximum Gasteiger partial charge on any atom is 0.243 e. The molecule has 1 fully saturated rings. The molecule has 1 amide bonds. The Labute approximate surface area is 129 Å². The minimum atomic E-state index is -3.88. The lowest BCUT2D eigenvalue weighted by Crippen LogP contribution is -2.32. The Balaban J connectivity index is 2.34. The van der Waals surface area contributed by atoms with Crippen LogP contribution in [-0.4, -0.2) is 45.4 Å². The predicted octanol–water partition coefficient (Wildman–Crippen LogP) is 0.503. The van der Waals surface area contributed by atoms with Crippen LogP contribution in [0.1, 0.15) is 5.56 Å². The normalized spacial score (nSPS) is 22.9. The number of primary amides is 1. The van der Waals surface area contributed by atoms with Crippen LogP contribution in [0.2, 0.25) is 0 Å². The standard InChI is InChI=1S/C14H19FN2O4S/c1-9-3-4-11(15)5-13(9)22(19,20)17-6-10(8-21-2)12(7-17)14(16)18/h3-5,10,12H,6-8H2,1-2H3,(H2,16,18)/t10-,12+/m0/s1. The number of methoxy groups -OCH3 is 1. The van der Waals surface area contributed by atoms with Gasteiger partial charge in [0.1, 0.15) is 5.82 Å². The number of amides is 1. The van der Waals surface area contributed by atoms with Crippen LogP contribution in [-0.2, 0) is 19.6 Å². The SMILES string of the molecule is COC[C@@H]1CN(S(=O)(=O)c2cc(F)ccc2C)C[C@H]1C(N)=O. The molecule has 0 aliphatic carbocycles. The van der Waals surface area contributed by atoms with Crippen LogP contribution in [0.5, 0.6) is 0 Å². The van der Waals surface area contributed by atoms with Gasteiger partial charge >= 0.3 is 0 Å². The van der Waals surface area contributed by atoms with Crippen LogP contribution >= 0.6 is 0 Å². The minimum Gasteiger partial charge on any atom is -0.384 e. The van der Waals surface area contributed by atoms with Gasteiger partial charge in [0.2, 0.25) is 15.9 Å². The van der Waals surface area contributed by atoms with Gasteiger partial charge in [0, 0.05) is 26.1 Å². The molecule has 122 valence electrons. The number of benzene rings is 1. The summed E-state index contributed by atoms with van der Waals surface area (Å²) in [5.41, 5.74) is 5.79. The van der Waals surface area contributed by atoms with Crippen molar-refractivity contribution in [3.8, 4) is 0 Å². The molecule has 1 saturated heterocycles. The molecule has 0 aromatic heterocycles. The molecule has 0 radical (unpaired) electrons. The van der Waals surface area contributed by atoms with E-state index in [4.69, 9.17) is 10.5 Å². The highest BCUT2D eigenvalue weighted by atomic mass is 32.2. The third-order valence-electron chi connectivity index (χ3n) is 3.92. The third-order valence-corrected chi connectivity index (χ3v) is 5.90. The van der Waals surface area contributed by atoms with Crippen molar-refractivity contribution in [1.82, 2.24) is 4.31 Å². The van der Waals surface area contributed by atoms with Crippen molar-refractivity contribution >= 4 is 15.9 Å². The van der Waals surface area contributed by atoms with Gasteiger partial charge in [-0.05, 0) is 24.6 Å². The van der Waals surface area contributed by atoms with Crippen LogP contribution in [0.4, 0.5) is 4.39 Å². The lowest BCUT2D eigenvalue weighted by Gasteiger charge is -2.18. The fraction of sp³-hybridized carbons (Fsp3) is 0.500. The average Bonchev–Trinajstić information content (AvgIpc) is 2.87. The minimum absolute atomic E-state index is 0.0123. The maximum atomic E-state index is 13.4. The zero-order chi connectivity index (χ0) is 16.5. The van der Waals surface area contributed by atoms with Crippen molar-refractivity contribution in [2.45, 2.75) is 11.8 Å². The van der Waals surface area contributed by atoms with Gasteiger partial charge in [-0.1, -0.05) is 6.07 Å². The highest BCUT2D eigenvalue weighted by Gasteiger charge is 2.42. The Bertz CT molecular complexity index is 677. The third kappa shape index (κ3) is 3.13. The van der Waals surface area contributed by atoms with Crippen molar-refractivity contribution in [3.05, 3.63) is 29.6 Å². The average molecular weight is 330 g/mol. The lowest BCUT2D eigenvalue weighted by atomic mass is 9.96. The Hall–Kier alpha value is -1.51. The molecule has 2 rings (SSSR count). The summed E-state index contributed by atoms with van der Waals surface area (Å²) in [6.07, 6.45) is 0. The monoisotopic (exact) mass is 330 g/mol. The van der Waals surface area contributed by atoms with E-state index < -0.39 is 27.7 Å². The van der Waals surface area contributed by atoms with E-state index in [9.17, 15) is 17.6 Å². The molecule has 1 aromatic rings. The van der Waals surface area contributed by atoms with Gasteiger partial charge < -0.3 is 10.5 Å². The van der Waals surface area contributed by atoms with E-state index in [0.717, 1.165) is 6.07 Å². The molecule has 2 atom stereocenters. The molecule has 0 bridgehead atoms. The van der Waals surface area contributed by atoms with E-state index in [1.807, 2.05) is 0 Å². The Morgan fingerprint density at radius 3 is 2.73 bits per heavy atom. The summed E-state index contributed by atoms with van der Waals surface area (Å²) in [5.74, 6) is -2.09. The molecule has 6 nitrogen and oxygen atoms in total. The number of hydrogen-bond donors (Lipinski definition) is 1. The number of sulfonamides is 1. The van der Waals surface area contributed by atoms with Gasteiger partial charge in [-0.3, -0.25) is 4.79 Å².